The van der Waals surface area contributed by atoms with Crippen LogP contribution in [-0.4, -0.2) is 71.8 Å². The van der Waals surface area contributed by atoms with Crippen LogP contribution in [0.15, 0.2) is 65.6 Å². The molecule has 1 aliphatic rings. The molecule has 3 rings (SSSR count). The summed E-state index contributed by atoms with van der Waals surface area (Å²) in [5.41, 5.74) is 7.26. The smallest absolute Gasteiger partial charge is 0.349 e. The second-order valence-electron chi connectivity index (χ2n) is 9.77. The van der Waals surface area contributed by atoms with E-state index in [-0.39, 0.29) is 13.0 Å². The molecule has 12 nitrogen and oxygen atoms in total. The predicted octanol–water partition coefficient (Wildman–Crippen LogP) is 2.69. The minimum atomic E-state index is -1.88. The summed E-state index contributed by atoms with van der Waals surface area (Å²) in [6, 6.07) is 16.6. The highest BCUT2D eigenvalue weighted by Crippen LogP contribution is 2.45. The third-order valence-electron chi connectivity index (χ3n) is 6.23. The maximum atomic E-state index is 14.0. The molecule has 2 aromatic carbocycles. The van der Waals surface area contributed by atoms with E-state index in [1.165, 1.54) is 6.92 Å². The zero-order chi connectivity index (χ0) is 31.6. The van der Waals surface area contributed by atoms with Gasteiger partial charge in [0.15, 0.2) is 12.2 Å². The van der Waals surface area contributed by atoms with Gasteiger partial charge in [-0.25, -0.2) is 4.79 Å². The maximum absolute atomic E-state index is 14.0. The van der Waals surface area contributed by atoms with Gasteiger partial charge in [0.25, 0.3) is 0 Å². The number of benzene rings is 2. The van der Waals surface area contributed by atoms with Crippen molar-refractivity contribution in [1.29, 1.82) is 0 Å². The Balaban J connectivity index is 2.11. The largest absolute Gasteiger partial charge is 0.462 e. The van der Waals surface area contributed by atoms with Gasteiger partial charge in [-0.2, -0.15) is 0 Å². The number of thioether (sulfide) groups is 1. The van der Waals surface area contributed by atoms with Crippen LogP contribution in [0.1, 0.15) is 39.7 Å². The van der Waals surface area contributed by atoms with Crippen LogP contribution in [0.5, 0.6) is 0 Å². The first-order valence-electron chi connectivity index (χ1n) is 13.4. The molecule has 0 saturated carbocycles. The van der Waals surface area contributed by atoms with Gasteiger partial charge in [-0.1, -0.05) is 60.3 Å². The summed E-state index contributed by atoms with van der Waals surface area (Å²) in [7, 11) is 0. The third-order valence-corrected chi connectivity index (χ3v) is 7.50. The van der Waals surface area contributed by atoms with Crippen LogP contribution in [-0.2, 0) is 59.0 Å². The Bertz CT molecular complexity index is 1280. The fourth-order valence-corrected chi connectivity index (χ4v) is 5.71. The molecular weight excluding hydrogens is 582 g/mol. The molecule has 6 atom stereocenters. The van der Waals surface area contributed by atoms with E-state index in [1.54, 1.807) is 54.6 Å². The third kappa shape index (κ3) is 9.80. The molecule has 232 valence electrons. The van der Waals surface area contributed by atoms with Crippen molar-refractivity contribution in [2.45, 2.75) is 81.0 Å². The van der Waals surface area contributed by atoms with Crippen LogP contribution in [0.25, 0.3) is 0 Å². The molecule has 0 amide bonds. The summed E-state index contributed by atoms with van der Waals surface area (Å²) >= 11 is 0.995. The molecule has 2 unspecified atom stereocenters. The van der Waals surface area contributed by atoms with E-state index in [4.69, 9.17) is 34.2 Å². The molecule has 2 N–H and O–H groups in total. The van der Waals surface area contributed by atoms with Crippen LogP contribution < -0.4 is 5.73 Å². The average molecular weight is 618 g/mol. The van der Waals surface area contributed by atoms with Crippen molar-refractivity contribution >= 4 is 41.6 Å². The Morgan fingerprint density at radius 3 is 2.02 bits per heavy atom. The van der Waals surface area contributed by atoms with Gasteiger partial charge in [-0.15, -0.1) is 0 Å². The monoisotopic (exact) mass is 617 g/mol. The average Bonchev–Trinajstić information content (AvgIpc) is 2.95. The molecule has 1 heterocycles. The van der Waals surface area contributed by atoms with Crippen LogP contribution in [0.3, 0.4) is 0 Å². The summed E-state index contributed by atoms with van der Waals surface area (Å²) in [6.07, 6.45) is -5.67. The van der Waals surface area contributed by atoms with Gasteiger partial charge >= 0.3 is 29.8 Å². The molecule has 43 heavy (non-hydrogen) atoms. The van der Waals surface area contributed by atoms with Crippen molar-refractivity contribution in [2.24, 2.45) is 5.73 Å². The first-order valence-corrected chi connectivity index (χ1v) is 14.3. The summed E-state index contributed by atoms with van der Waals surface area (Å²) in [5, 5.41) is 0. The molecule has 0 spiro atoms. The predicted molar refractivity (Wildman–Crippen MR) is 152 cm³/mol. The lowest BCUT2D eigenvalue weighted by molar-refractivity contribution is -0.222. The lowest BCUT2D eigenvalue weighted by Crippen LogP contribution is -2.66. The van der Waals surface area contributed by atoms with Crippen LogP contribution in [0.4, 0.5) is 0 Å². The fraction of sp³-hybridized carbons (Fsp3) is 0.433. The van der Waals surface area contributed by atoms with E-state index in [2.05, 4.69) is 0 Å². The number of rotatable bonds is 12. The molecular formula is C30H35NO11S. The highest BCUT2D eigenvalue weighted by atomic mass is 32.2. The summed E-state index contributed by atoms with van der Waals surface area (Å²) < 4.78 is 33.7. The van der Waals surface area contributed by atoms with Gasteiger partial charge in [0.05, 0.1) is 6.04 Å². The van der Waals surface area contributed by atoms with Crippen LogP contribution in [0, 0.1) is 0 Å². The minimum Gasteiger partial charge on any atom is -0.462 e. The van der Waals surface area contributed by atoms with Crippen LogP contribution in [0.2, 0.25) is 0 Å². The highest BCUT2D eigenvalue weighted by Gasteiger charge is 2.57. The van der Waals surface area contributed by atoms with Crippen molar-refractivity contribution in [1.82, 2.24) is 0 Å². The van der Waals surface area contributed by atoms with Gasteiger partial charge in [-0.05, 0) is 17.7 Å². The van der Waals surface area contributed by atoms with Crippen molar-refractivity contribution < 1.29 is 52.4 Å². The molecule has 1 aliphatic heterocycles. The number of esters is 5. The SMILES string of the molecule is CC(=O)OC[C@@H](OC(C)=O)[C@@H](OC(C)=O)C1O[C@](Sc2ccccc2)(C(=O)OCc2ccccc2)CC(OC(C)=O)[C@H]1N. The number of hydrogen-bond acceptors (Lipinski definition) is 13. The lowest BCUT2D eigenvalue weighted by Gasteiger charge is -2.47. The summed E-state index contributed by atoms with van der Waals surface area (Å²) in [6.45, 7) is 3.95. The molecule has 2 aromatic rings. The molecule has 0 aliphatic carbocycles. The second-order valence-corrected chi connectivity index (χ2v) is 11.1. The quantitative estimate of drug-likeness (QED) is 0.273. The van der Waals surface area contributed by atoms with Gasteiger partial charge in [-0.3, -0.25) is 19.2 Å². The van der Waals surface area contributed by atoms with Crippen molar-refractivity contribution in [3.05, 3.63) is 66.2 Å². The molecule has 0 radical (unpaired) electrons. The Morgan fingerprint density at radius 2 is 1.47 bits per heavy atom. The Morgan fingerprint density at radius 1 is 0.860 bits per heavy atom. The van der Waals surface area contributed by atoms with E-state index in [9.17, 15) is 24.0 Å². The fourth-order valence-electron chi connectivity index (χ4n) is 4.48. The van der Waals surface area contributed by atoms with Crippen LogP contribution >= 0.6 is 11.8 Å². The zero-order valence-corrected chi connectivity index (χ0v) is 25.1. The normalized spacial score (nSPS) is 22.8. The number of nitrogens with two attached hydrogens (primary N) is 1. The standard InChI is InChI=1S/C30H35NO11S/c1-18(32)37-17-25(40-20(3)34)27(41-21(4)35)28-26(31)24(39-19(2)33)15-30(42-28,43-23-13-9-6-10-14-23)29(36)38-16-22-11-7-5-8-12-22/h5-14,24-28H,15-17,31H2,1-4H3/t24?,25-,26-,27-,28?,30-/m1/s1. The van der Waals surface area contributed by atoms with Gasteiger partial charge in [0.2, 0.25) is 4.93 Å². The van der Waals surface area contributed by atoms with Gasteiger partial charge < -0.3 is 34.2 Å². The Hall–Kier alpha value is -3.94. The van der Waals surface area contributed by atoms with E-state index < -0.39 is 71.8 Å². The topological polar surface area (TPSA) is 167 Å². The number of hydrogen-bond donors (Lipinski definition) is 1. The van der Waals surface area contributed by atoms with Crippen molar-refractivity contribution in [3.8, 4) is 0 Å². The lowest BCUT2D eigenvalue weighted by atomic mass is 9.90. The molecule has 0 aromatic heterocycles. The van der Waals surface area contributed by atoms with E-state index in [1.807, 2.05) is 6.07 Å². The molecule has 1 fully saturated rings. The molecule has 1 saturated heterocycles. The highest BCUT2D eigenvalue weighted by molar-refractivity contribution is 8.01. The molecule has 0 bridgehead atoms. The zero-order valence-electron chi connectivity index (χ0n) is 24.3. The van der Waals surface area contributed by atoms with Gasteiger partial charge in [0, 0.05) is 39.0 Å². The summed E-state index contributed by atoms with van der Waals surface area (Å²) in [5.74, 6) is -3.77. The van der Waals surface area contributed by atoms with E-state index in [0.717, 1.165) is 32.5 Å². The minimum absolute atomic E-state index is 0.0923. The number of ether oxygens (including phenoxy) is 6. The second kappa shape index (κ2) is 15.5. The number of carbonyl (C=O) groups excluding carboxylic acids is 5. The van der Waals surface area contributed by atoms with E-state index >= 15 is 0 Å². The Labute approximate surface area is 253 Å². The summed E-state index contributed by atoms with van der Waals surface area (Å²) in [4.78, 5) is 60.8. The first kappa shape index (κ1) is 33.6. The van der Waals surface area contributed by atoms with Crippen molar-refractivity contribution in [2.75, 3.05) is 6.61 Å². The number of carbonyl (C=O) groups is 5. The Kier molecular flexibility index (Phi) is 12.1. The van der Waals surface area contributed by atoms with Gasteiger partial charge in [0.1, 0.15) is 25.4 Å². The first-order chi connectivity index (χ1) is 20.4. The molecule has 13 heteroatoms. The van der Waals surface area contributed by atoms with Crippen molar-refractivity contribution in [3.63, 3.8) is 0 Å². The van der Waals surface area contributed by atoms with E-state index in [0.29, 0.717) is 10.5 Å². The maximum Gasteiger partial charge on any atom is 0.349 e.